The van der Waals surface area contributed by atoms with Crippen LogP contribution in [0.4, 0.5) is 0 Å². The second-order valence-electron chi connectivity index (χ2n) is 25.4. The van der Waals surface area contributed by atoms with Crippen molar-refractivity contribution in [1.29, 1.82) is 0 Å². The molecule has 3 heterocycles. The van der Waals surface area contributed by atoms with Gasteiger partial charge >= 0.3 is 0 Å². The highest BCUT2D eigenvalue weighted by Crippen LogP contribution is 2.33. The fraction of sp³-hybridized carbons (Fsp3) is 0.985. The monoisotopic (exact) mass is 1220 g/mol. The summed E-state index contributed by atoms with van der Waals surface area (Å²) in [4.78, 5) is 13.4. The predicted molar refractivity (Wildman–Crippen MR) is 328 cm³/mol. The van der Waals surface area contributed by atoms with Gasteiger partial charge in [-0.2, -0.15) is 0 Å². The maximum Gasteiger partial charge on any atom is 0.220 e. The van der Waals surface area contributed by atoms with Crippen LogP contribution in [0.2, 0.25) is 0 Å². The van der Waals surface area contributed by atoms with Crippen LogP contribution in [0.15, 0.2) is 0 Å². The predicted octanol–water partition coefficient (Wildman–Crippen LogP) is 8.72. The Morgan fingerprint density at radius 1 is 0.376 bits per heavy atom. The van der Waals surface area contributed by atoms with E-state index in [0.717, 1.165) is 44.9 Å². The highest BCUT2D eigenvalue weighted by molar-refractivity contribution is 5.76. The van der Waals surface area contributed by atoms with Crippen LogP contribution >= 0.6 is 0 Å². The Bertz CT molecular complexity index is 1550. The number of carbonyl (C=O) groups excluding carboxylic acids is 1. The first-order valence-electron chi connectivity index (χ1n) is 34.8. The SMILES string of the molecule is CCCCCCCCCCCCCCCCCCCCCCCCCCCCCCCC(=O)NC(COC1OC(CO)C(OC2OC(CO)C(OC3OC(CO)C(O)C(O)C3O)C(O)C2O)C(O)C1O)C(O)CCCCCCCCCCCCC. The van der Waals surface area contributed by atoms with Gasteiger partial charge in [0.1, 0.15) is 73.2 Å². The smallest absolute Gasteiger partial charge is 0.220 e. The number of carbonyl (C=O) groups is 1. The second-order valence-corrected chi connectivity index (χ2v) is 25.4. The minimum atomic E-state index is -1.97. The van der Waals surface area contributed by atoms with E-state index in [1.807, 2.05) is 0 Å². The first-order chi connectivity index (χ1) is 41.3. The molecule has 0 radical (unpaired) electrons. The van der Waals surface area contributed by atoms with Gasteiger partial charge in [-0.05, 0) is 12.8 Å². The molecule has 1 amide bonds. The molecule has 85 heavy (non-hydrogen) atoms. The molecule has 12 N–H and O–H groups in total. The van der Waals surface area contributed by atoms with Gasteiger partial charge in [0, 0.05) is 6.42 Å². The van der Waals surface area contributed by atoms with Crippen LogP contribution in [0.25, 0.3) is 0 Å². The lowest BCUT2D eigenvalue weighted by atomic mass is 9.96. The van der Waals surface area contributed by atoms with Crippen LogP contribution < -0.4 is 5.32 Å². The average Bonchev–Trinajstić information content (AvgIpc) is 3.05. The molecule has 3 saturated heterocycles. The third kappa shape index (κ3) is 32.1. The van der Waals surface area contributed by atoms with E-state index < -0.39 is 124 Å². The summed E-state index contributed by atoms with van der Waals surface area (Å²) in [7, 11) is 0. The average molecular weight is 1220 g/mol. The number of rotatable bonds is 54. The Kier molecular flexibility index (Phi) is 45.4. The lowest BCUT2D eigenvalue weighted by Gasteiger charge is -2.48. The van der Waals surface area contributed by atoms with Gasteiger partial charge in [0.2, 0.25) is 5.91 Å². The maximum absolute atomic E-state index is 13.4. The summed E-state index contributed by atoms with van der Waals surface area (Å²) in [5.74, 6) is -0.237. The maximum atomic E-state index is 13.4. The fourth-order valence-electron chi connectivity index (χ4n) is 12.3. The number of ether oxygens (including phenoxy) is 6. The number of aliphatic hydroxyl groups is 11. The van der Waals surface area contributed by atoms with Crippen molar-refractivity contribution in [1.82, 2.24) is 5.32 Å². The highest BCUT2D eigenvalue weighted by atomic mass is 16.8. The summed E-state index contributed by atoms with van der Waals surface area (Å²) in [6, 6.07) is -0.880. The lowest BCUT2D eigenvalue weighted by Crippen LogP contribution is -2.66. The topological polar surface area (TPSA) is 307 Å². The molecule has 19 nitrogen and oxygen atoms in total. The summed E-state index contributed by atoms with van der Waals surface area (Å²) in [6.07, 6.45) is 25.0. The Morgan fingerprint density at radius 2 is 0.671 bits per heavy atom. The van der Waals surface area contributed by atoms with Crippen molar-refractivity contribution in [3.05, 3.63) is 0 Å². The van der Waals surface area contributed by atoms with Crippen molar-refractivity contribution in [3.63, 3.8) is 0 Å². The molecule has 0 aliphatic carbocycles. The van der Waals surface area contributed by atoms with E-state index in [4.69, 9.17) is 28.4 Å². The highest BCUT2D eigenvalue weighted by Gasteiger charge is 2.53. The Morgan fingerprint density at radius 3 is 1.02 bits per heavy atom. The fourth-order valence-corrected chi connectivity index (χ4v) is 12.3. The van der Waals surface area contributed by atoms with Crippen molar-refractivity contribution in [2.24, 2.45) is 0 Å². The van der Waals surface area contributed by atoms with Gasteiger partial charge in [-0.3, -0.25) is 4.79 Å². The summed E-state index contributed by atoms with van der Waals surface area (Å²) < 4.78 is 34.4. The molecule has 3 fully saturated rings. The van der Waals surface area contributed by atoms with Gasteiger partial charge in [-0.1, -0.05) is 264 Å². The molecule has 3 rings (SSSR count). The summed E-state index contributed by atoms with van der Waals surface area (Å²) in [5, 5.41) is 120. The quantitative estimate of drug-likeness (QED) is 0.0253. The number of aliphatic hydroxyl groups excluding tert-OH is 11. The van der Waals surface area contributed by atoms with Crippen LogP contribution in [-0.4, -0.2) is 193 Å². The van der Waals surface area contributed by atoms with Crippen molar-refractivity contribution < 1.29 is 89.4 Å². The number of amides is 1. The number of unbranched alkanes of at least 4 members (excludes halogenated alkanes) is 38. The van der Waals surface area contributed by atoms with Crippen LogP contribution in [0.1, 0.15) is 284 Å². The van der Waals surface area contributed by atoms with E-state index in [-0.39, 0.29) is 18.9 Å². The molecule has 0 aromatic heterocycles. The van der Waals surface area contributed by atoms with Gasteiger partial charge < -0.3 is 89.9 Å². The van der Waals surface area contributed by atoms with Gasteiger partial charge in [-0.25, -0.2) is 0 Å². The molecule has 0 spiro atoms. The van der Waals surface area contributed by atoms with Crippen LogP contribution in [-0.2, 0) is 33.2 Å². The molecule has 0 saturated carbocycles. The molecular weight excluding hydrogens is 1090 g/mol. The van der Waals surface area contributed by atoms with Crippen LogP contribution in [0.5, 0.6) is 0 Å². The van der Waals surface area contributed by atoms with E-state index in [2.05, 4.69) is 19.2 Å². The van der Waals surface area contributed by atoms with Crippen molar-refractivity contribution >= 4 is 5.91 Å². The third-order valence-electron chi connectivity index (χ3n) is 17.9. The third-order valence-corrected chi connectivity index (χ3v) is 17.9. The van der Waals surface area contributed by atoms with Gasteiger partial charge in [0.05, 0.1) is 38.6 Å². The van der Waals surface area contributed by atoms with Crippen molar-refractivity contribution in [2.75, 3.05) is 26.4 Å². The molecule has 19 heteroatoms. The summed E-state index contributed by atoms with van der Waals surface area (Å²) in [6.45, 7) is 1.81. The zero-order chi connectivity index (χ0) is 61.9. The number of nitrogens with one attached hydrogen (secondary N) is 1. The Balaban J connectivity index is 1.35. The van der Waals surface area contributed by atoms with Crippen LogP contribution in [0, 0.1) is 0 Å². The van der Waals surface area contributed by atoms with E-state index >= 15 is 0 Å². The van der Waals surface area contributed by atoms with Gasteiger partial charge in [0.25, 0.3) is 0 Å². The van der Waals surface area contributed by atoms with Crippen LogP contribution in [0.3, 0.4) is 0 Å². The minimum Gasteiger partial charge on any atom is -0.394 e. The Hall–Kier alpha value is -1.21. The molecule has 17 atom stereocenters. The first-order valence-corrected chi connectivity index (χ1v) is 34.8. The van der Waals surface area contributed by atoms with E-state index in [1.165, 1.54) is 205 Å². The number of hydrogen-bond donors (Lipinski definition) is 12. The van der Waals surface area contributed by atoms with Gasteiger partial charge in [-0.15, -0.1) is 0 Å². The van der Waals surface area contributed by atoms with E-state index in [0.29, 0.717) is 12.8 Å². The molecule has 0 bridgehead atoms. The molecule has 504 valence electrons. The lowest BCUT2D eigenvalue weighted by molar-refractivity contribution is -0.379. The first kappa shape index (κ1) is 78.0. The molecule has 0 aromatic rings. The molecular formula is C66H127NO18. The molecule has 0 aromatic carbocycles. The largest absolute Gasteiger partial charge is 0.394 e. The second kappa shape index (κ2) is 49.5. The van der Waals surface area contributed by atoms with Crippen molar-refractivity contribution in [3.8, 4) is 0 Å². The van der Waals surface area contributed by atoms with Gasteiger partial charge in [0.15, 0.2) is 18.9 Å². The zero-order valence-corrected chi connectivity index (χ0v) is 53.1. The zero-order valence-electron chi connectivity index (χ0n) is 53.1. The number of hydrogen-bond acceptors (Lipinski definition) is 18. The molecule has 3 aliphatic heterocycles. The standard InChI is InChI=1S/C66H127NO18/c1-3-5-7-9-11-13-15-16-17-18-19-20-21-22-23-24-25-26-27-28-29-30-31-32-34-36-38-40-42-44-54(72)67-49(50(71)43-41-39-37-35-33-14-12-10-8-6-4-2)48-80-64-60(78)57(75)62(52(46-69)82-64)85-66-61(79)58(76)63(53(47-70)83-66)84-65-59(77)56(74)55(73)51(45-68)81-65/h49-53,55-66,68-71,73-79H,3-48H2,1-2H3,(H,67,72). The molecule has 3 aliphatic rings. The Labute approximate surface area is 513 Å². The minimum absolute atomic E-state index is 0.237. The van der Waals surface area contributed by atoms with E-state index in [9.17, 15) is 61.0 Å². The summed E-state index contributed by atoms with van der Waals surface area (Å²) in [5.41, 5.74) is 0. The van der Waals surface area contributed by atoms with E-state index in [1.54, 1.807) is 0 Å². The van der Waals surface area contributed by atoms with Crippen molar-refractivity contribution in [2.45, 2.75) is 388 Å². The normalized spacial score (nSPS) is 28.9. The summed E-state index contributed by atoms with van der Waals surface area (Å²) >= 11 is 0. The molecule has 17 unspecified atom stereocenters.